The van der Waals surface area contributed by atoms with Gasteiger partial charge in [-0.2, -0.15) is 0 Å². The normalized spacial score (nSPS) is 23.6. The van der Waals surface area contributed by atoms with E-state index in [4.69, 9.17) is 19.2 Å². The van der Waals surface area contributed by atoms with Crippen molar-refractivity contribution < 1.29 is 24.0 Å². The maximum atomic E-state index is 12.5. The van der Waals surface area contributed by atoms with E-state index in [1.807, 2.05) is 25.1 Å². The minimum atomic E-state index is -0.629. The quantitative estimate of drug-likeness (QED) is 0.341. The fraction of sp³-hybridized carbons (Fsp3) is 0.652. The maximum Gasteiger partial charge on any atom is 0.163 e. The summed E-state index contributed by atoms with van der Waals surface area (Å²) in [6.07, 6.45) is 3.28. The number of hydrogen-bond donors (Lipinski definition) is 1. The highest BCUT2D eigenvalue weighted by Gasteiger charge is 2.43. The number of aliphatic hydroxyl groups excluding tert-OH is 1. The Labute approximate surface area is 185 Å². The molecule has 1 N–H and O–H groups in total. The van der Waals surface area contributed by atoms with Gasteiger partial charge in [-0.05, 0) is 25.7 Å². The van der Waals surface area contributed by atoms with Crippen molar-refractivity contribution in [3.05, 3.63) is 45.8 Å². The lowest BCUT2D eigenvalue weighted by Gasteiger charge is -2.25. The lowest BCUT2D eigenvalue weighted by Crippen LogP contribution is -2.30. The van der Waals surface area contributed by atoms with Crippen LogP contribution in [-0.2, 0) is 14.1 Å². The summed E-state index contributed by atoms with van der Waals surface area (Å²) >= 11 is 0. The fourth-order valence-electron chi connectivity index (χ4n) is 3.71. The van der Waals surface area contributed by atoms with E-state index in [1.54, 1.807) is 12.1 Å². The second-order valence-electron chi connectivity index (χ2n) is 7.79. The Kier molecular flexibility index (Phi) is 13.6. The van der Waals surface area contributed by atoms with Crippen molar-refractivity contribution in [3.8, 4) is 0 Å². The van der Waals surface area contributed by atoms with E-state index >= 15 is 0 Å². The summed E-state index contributed by atoms with van der Waals surface area (Å²) < 4.78 is 12.0. The first-order valence-corrected chi connectivity index (χ1v) is 12.6. The van der Waals surface area contributed by atoms with Gasteiger partial charge in [0.2, 0.25) is 0 Å². The minimum absolute atomic E-state index is 0.0138. The molecule has 0 radical (unpaired) electrons. The second-order valence-corrected chi connectivity index (χ2v) is 9.82. The van der Waals surface area contributed by atoms with Crippen molar-refractivity contribution in [1.82, 2.24) is 0 Å². The van der Waals surface area contributed by atoms with Crippen molar-refractivity contribution in [3.63, 3.8) is 0 Å². The Bertz CT molecular complexity index is 655. The molecule has 174 valence electrons. The molecule has 1 saturated heterocycles. The SMILES string of the molecule is CCCOP(CCC)C[C@@H]1C(O)[C@H](C)O[C@@H]1CC(=O)CCC(=O)c1ccccc1.O=O. The molecule has 2 unspecified atom stereocenters. The van der Waals surface area contributed by atoms with Crippen LogP contribution in [0.2, 0.25) is 0 Å². The average molecular weight is 455 g/mol. The van der Waals surface area contributed by atoms with Crippen LogP contribution in [0, 0.1) is 15.8 Å². The molecule has 7 nitrogen and oxygen atoms in total. The number of carbonyl (C=O) groups excluding carboxylic acids is 2. The van der Waals surface area contributed by atoms with Gasteiger partial charge in [0.25, 0.3) is 0 Å². The van der Waals surface area contributed by atoms with Gasteiger partial charge >= 0.3 is 0 Å². The van der Waals surface area contributed by atoms with E-state index in [1.165, 1.54) is 0 Å². The van der Waals surface area contributed by atoms with Crippen molar-refractivity contribution in [2.75, 3.05) is 18.9 Å². The predicted molar refractivity (Wildman–Crippen MR) is 123 cm³/mol. The summed E-state index contributed by atoms with van der Waals surface area (Å²) in [6.45, 7) is 6.82. The van der Waals surface area contributed by atoms with Gasteiger partial charge in [0, 0.05) is 48.8 Å². The minimum Gasteiger partial charge on any atom is -0.390 e. The molecule has 31 heavy (non-hydrogen) atoms. The molecule has 0 spiro atoms. The molecule has 0 aliphatic carbocycles. The molecule has 8 heteroatoms. The number of hydrogen-bond acceptors (Lipinski definition) is 7. The predicted octanol–water partition coefficient (Wildman–Crippen LogP) is 4.67. The van der Waals surface area contributed by atoms with Gasteiger partial charge in [-0.3, -0.25) is 9.59 Å². The van der Waals surface area contributed by atoms with Crippen LogP contribution in [0.1, 0.15) is 63.2 Å². The summed E-state index contributed by atoms with van der Waals surface area (Å²) in [5, 5.41) is 10.6. The van der Waals surface area contributed by atoms with Gasteiger partial charge in [-0.25, -0.2) is 0 Å². The van der Waals surface area contributed by atoms with E-state index in [-0.39, 0.29) is 49.0 Å². The first-order chi connectivity index (χ1) is 15.0. The van der Waals surface area contributed by atoms with Gasteiger partial charge in [0.1, 0.15) is 5.78 Å². The Hall–Kier alpha value is -1.53. The Morgan fingerprint density at radius 3 is 2.39 bits per heavy atom. The van der Waals surface area contributed by atoms with Crippen LogP contribution in [0.3, 0.4) is 0 Å². The summed E-state index contributed by atoms with van der Waals surface area (Å²) in [7, 11) is -0.629. The standard InChI is InChI=1S/C23H35O5P.O2/c1-4-13-27-29(14-5-2)16-20-22(28-17(3)23(20)26)15-19(24)11-12-21(25)18-9-7-6-8-10-18;1-2/h6-10,17,20,22-23,26H,4-5,11-16H2,1-3H3;/t17-,20-,22+,23?,29?;/m0./s1. The molecular weight excluding hydrogens is 419 g/mol. The molecule has 1 aliphatic rings. The summed E-state index contributed by atoms with van der Waals surface area (Å²) in [5.41, 5.74) is 0.637. The lowest BCUT2D eigenvalue weighted by atomic mass is 9.94. The van der Waals surface area contributed by atoms with Crippen LogP contribution in [-0.4, -0.2) is 53.9 Å². The summed E-state index contributed by atoms with van der Waals surface area (Å²) in [5.74, 6) is -0.0937. The average Bonchev–Trinajstić information content (AvgIpc) is 3.05. The molecule has 1 heterocycles. The van der Waals surface area contributed by atoms with Crippen LogP contribution in [0.25, 0.3) is 0 Å². The highest BCUT2D eigenvalue weighted by Crippen LogP contribution is 2.44. The second kappa shape index (κ2) is 15.3. The van der Waals surface area contributed by atoms with Crippen LogP contribution >= 0.6 is 8.15 Å². The van der Waals surface area contributed by atoms with Crippen molar-refractivity contribution in [2.45, 2.75) is 71.2 Å². The zero-order chi connectivity index (χ0) is 23.2. The van der Waals surface area contributed by atoms with E-state index in [0.29, 0.717) is 5.56 Å². The lowest BCUT2D eigenvalue weighted by molar-refractivity contribution is -0.122. The number of ketones is 2. The third-order valence-electron chi connectivity index (χ3n) is 5.31. The molecule has 0 bridgehead atoms. The number of rotatable bonds is 13. The number of ether oxygens (including phenoxy) is 1. The highest BCUT2D eigenvalue weighted by molar-refractivity contribution is 7.52. The maximum absolute atomic E-state index is 12.5. The van der Waals surface area contributed by atoms with Gasteiger partial charge in [-0.1, -0.05) is 50.6 Å². The van der Waals surface area contributed by atoms with Crippen molar-refractivity contribution in [2.24, 2.45) is 5.92 Å². The zero-order valence-corrected chi connectivity index (χ0v) is 19.6. The summed E-state index contributed by atoms with van der Waals surface area (Å²) in [4.78, 5) is 38.8. The van der Waals surface area contributed by atoms with Crippen LogP contribution in [0.4, 0.5) is 0 Å². The van der Waals surface area contributed by atoms with Gasteiger partial charge in [-0.15, -0.1) is 0 Å². The van der Waals surface area contributed by atoms with E-state index in [2.05, 4.69) is 13.8 Å². The van der Waals surface area contributed by atoms with Gasteiger partial charge in [0.05, 0.1) is 24.9 Å². The molecule has 1 fully saturated rings. The highest BCUT2D eigenvalue weighted by atomic mass is 31.1. The number of benzene rings is 1. The Morgan fingerprint density at radius 2 is 1.77 bits per heavy atom. The third kappa shape index (κ3) is 9.24. The van der Waals surface area contributed by atoms with E-state index < -0.39 is 14.3 Å². The molecule has 0 saturated carbocycles. The monoisotopic (exact) mass is 454 g/mol. The molecule has 1 aromatic carbocycles. The molecule has 5 atom stereocenters. The Balaban J connectivity index is 0.00000233. The number of aliphatic hydroxyl groups is 1. The van der Waals surface area contributed by atoms with Gasteiger partial charge < -0.3 is 14.4 Å². The third-order valence-corrected chi connectivity index (χ3v) is 7.63. The zero-order valence-electron chi connectivity index (χ0n) is 18.7. The van der Waals surface area contributed by atoms with E-state index in [0.717, 1.165) is 31.8 Å². The molecule has 0 amide bonds. The van der Waals surface area contributed by atoms with Crippen molar-refractivity contribution in [1.29, 1.82) is 0 Å². The topological polar surface area (TPSA) is 107 Å². The summed E-state index contributed by atoms with van der Waals surface area (Å²) in [6, 6.07) is 9.05. The first-order valence-electron chi connectivity index (χ1n) is 10.9. The molecular formula is C23H35O7P. The first kappa shape index (κ1) is 27.5. The molecule has 1 aliphatic heterocycles. The smallest absolute Gasteiger partial charge is 0.163 e. The van der Waals surface area contributed by atoms with Crippen LogP contribution in [0.15, 0.2) is 30.3 Å². The Morgan fingerprint density at radius 1 is 1.10 bits per heavy atom. The van der Waals surface area contributed by atoms with Crippen LogP contribution in [0.5, 0.6) is 0 Å². The molecule has 0 aromatic heterocycles. The number of carbonyl (C=O) groups is 2. The van der Waals surface area contributed by atoms with Crippen LogP contribution < -0.4 is 0 Å². The van der Waals surface area contributed by atoms with Gasteiger partial charge in [0.15, 0.2) is 5.78 Å². The molecule has 1 aromatic rings. The fourth-order valence-corrected chi connectivity index (χ4v) is 5.99. The van der Waals surface area contributed by atoms with E-state index in [9.17, 15) is 14.7 Å². The largest absolute Gasteiger partial charge is 0.390 e. The number of Topliss-reactive ketones (excluding diaryl/α,β-unsaturated/α-hetero) is 2. The molecule has 2 rings (SSSR count). The van der Waals surface area contributed by atoms with Crippen molar-refractivity contribution >= 4 is 19.7 Å².